The molecule has 2 aliphatic rings. The Hall–Kier alpha value is -4.24. The number of nitrogens with zero attached hydrogens (tertiary/aromatic N) is 5. The predicted molar refractivity (Wildman–Crippen MR) is 176 cm³/mol. The van der Waals surface area contributed by atoms with Gasteiger partial charge in [0, 0.05) is 71.0 Å². The Labute approximate surface area is 281 Å². The zero-order valence-corrected chi connectivity index (χ0v) is 27.6. The van der Waals surface area contributed by atoms with E-state index in [9.17, 15) is 18.0 Å². The molecule has 0 spiro atoms. The Morgan fingerprint density at radius 3 is 2.75 bits per heavy atom. The third-order valence-electron chi connectivity index (χ3n) is 8.34. The number of benzene rings is 1. The van der Waals surface area contributed by atoms with Gasteiger partial charge in [-0.3, -0.25) is 14.7 Å². The smallest absolute Gasteiger partial charge is 0.302 e. The number of aromatic nitrogens is 3. The van der Waals surface area contributed by atoms with Gasteiger partial charge in [-0.15, -0.1) is 22.7 Å². The quantitative estimate of drug-likeness (QED) is 0.0978. The van der Waals surface area contributed by atoms with E-state index in [4.69, 9.17) is 19.4 Å². The van der Waals surface area contributed by atoms with Gasteiger partial charge in [0.05, 0.1) is 36.6 Å². The van der Waals surface area contributed by atoms with E-state index in [-0.39, 0.29) is 42.7 Å². The summed E-state index contributed by atoms with van der Waals surface area (Å²) >= 11 is 2.66. The van der Waals surface area contributed by atoms with Gasteiger partial charge in [0.2, 0.25) is 5.91 Å². The number of pyridine rings is 2. The summed E-state index contributed by atoms with van der Waals surface area (Å²) in [5.74, 6) is -4.99. The first-order valence-corrected chi connectivity index (χ1v) is 16.8. The van der Waals surface area contributed by atoms with E-state index in [1.54, 1.807) is 22.9 Å². The highest BCUT2D eigenvalue weighted by Crippen LogP contribution is 2.48. The summed E-state index contributed by atoms with van der Waals surface area (Å²) in [5, 5.41) is 2.92. The highest BCUT2D eigenvalue weighted by atomic mass is 32.1. The van der Waals surface area contributed by atoms with Gasteiger partial charge in [-0.25, -0.2) is 18.7 Å². The molecule has 248 valence electrons. The lowest BCUT2D eigenvalue weighted by Crippen LogP contribution is -2.38. The van der Waals surface area contributed by atoms with Gasteiger partial charge in [0.15, 0.2) is 0 Å². The number of carbonyl (C=O) groups excluding carboxylic acids is 1. The lowest BCUT2D eigenvalue weighted by atomic mass is 9.96. The number of carbonyl (C=O) groups is 1. The van der Waals surface area contributed by atoms with Crippen LogP contribution in [0, 0.1) is 11.6 Å². The van der Waals surface area contributed by atoms with Crippen LogP contribution in [-0.4, -0.2) is 71.1 Å². The molecule has 14 heteroatoms. The molecule has 7 rings (SSSR count). The number of ether oxygens (including phenoxy) is 2. The molecule has 48 heavy (non-hydrogen) atoms. The van der Waals surface area contributed by atoms with Gasteiger partial charge < -0.3 is 14.4 Å². The summed E-state index contributed by atoms with van der Waals surface area (Å²) < 4.78 is 72.1. The molecule has 0 radical (unpaired) electrons. The zero-order valence-electron chi connectivity index (χ0n) is 26.0. The van der Waals surface area contributed by atoms with E-state index in [2.05, 4.69) is 11.6 Å². The molecule has 0 N–H and O–H groups in total. The lowest BCUT2D eigenvalue weighted by Gasteiger charge is -2.31. The van der Waals surface area contributed by atoms with Crippen LogP contribution in [-0.2, 0) is 35.0 Å². The number of thiophene rings is 1. The highest BCUT2D eigenvalue weighted by Gasteiger charge is 2.41. The second kappa shape index (κ2) is 12.7. The van der Waals surface area contributed by atoms with Gasteiger partial charge in [-0.2, -0.15) is 8.78 Å². The van der Waals surface area contributed by atoms with Crippen LogP contribution in [0.25, 0.3) is 43.2 Å². The fourth-order valence-electron chi connectivity index (χ4n) is 6.24. The van der Waals surface area contributed by atoms with Gasteiger partial charge in [0.1, 0.15) is 40.4 Å². The van der Waals surface area contributed by atoms with Crippen LogP contribution in [0.1, 0.15) is 21.8 Å². The van der Waals surface area contributed by atoms with E-state index in [1.807, 2.05) is 11.4 Å². The molecule has 1 aromatic carbocycles. The number of halogens is 4. The summed E-state index contributed by atoms with van der Waals surface area (Å²) in [6, 6.07) is 5.43. The van der Waals surface area contributed by atoms with Gasteiger partial charge in [0.25, 0.3) is 0 Å². The minimum Gasteiger partial charge on any atom is -0.490 e. The maximum atomic E-state index is 16.0. The third kappa shape index (κ3) is 5.76. The molecule has 0 saturated carbocycles. The Morgan fingerprint density at radius 1 is 1.12 bits per heavy atom. The largest absolute Gasteiger partial charge is 0.490 e. The van der Waals surface area contributed by atoms with Crippen molar-refractivity contribution in [1.29, 1.82) is 0 Å². The molecule has 0 aliphatic carbocycles. The Morgan fingerprint density at radius 2 is 1.96 bits per heavy atom. The van der Waals surface area contributed by atoms with E-state index < -0.39 is 24.1 Å². The lowest BCUT2D eigenvalue weighted by molar-refractivity contribution is -0.126. The molecule has 1 amide bonds. The first-order valence-electron chi connectivity index (χ1n) is 15.1. The molecule has 4 aromatic heterocycles. The average molecular weight is 696 g/mol. The number of likely N-dealkylation sites (N-methyl/N-ethyl adjacent to an activating group) is 1. The summed E-state index contributed by atoms with van der Waals surface area (Å²) in [6.07, 6.45) is 3.16. The zero-order chi connectivity index (χ0) is 33.7. The van der Waals surface area contributed by atoms with Crippen LogP contribution >= 0.6 is 22.7 Å². The van der Waals surface area contributed by atoms with Gasteiger partial charge >= 0.3 is 5.92 Å². The molecule has 0 fully saturated rings. The number of hydrogen-bond acceptors (Lipinski definition) is 9. The van der Waals surface area contributed by atoms with Crippen molar-refractivity contribution < 1.29 is 31.8 Å². The van der Waals surface area contributed by atoms with Crippen molar-refractivity contribution in [2.45, 2.75) is 25.4 Å². The van der Waals surface area contributed by atoms with E-state index >= 15 is 4.39 Å². The van der Waals surface area contributed by atoms with Crippen LogP contribution < -0.4 is 4.74 Å². The maximum Gasteiger partial charge on any atom is 0.302 e. The average Bonchev–Trinajstić information content (AvgIpc) is 3.71. The van der Waals surface area contributed by atoms with Crippen LogP contribution in [0.3, 0.4) is 0 Å². The van der Waals surface area contributed by atoms with Gasteiger partial charge in [-0.1, -0.05) is 6.58 Å². The number of hydrogen-bond donors (Lipinski definition) is 0. The van der Waals surface area contributed by atoms with Crippen molar-refractivity contribution >= 4 is 38.7 Å². The second-order valence-corrected chi connectivity index (χ2v) is 13.7. The number of amides is 1. The Balaban J connectivity index is 1.47. The molecule has 0 saturated heterocycles. The maximum absolute atomic E-state index is 16.0. The van der Waals surface area contributed by atoms with Crippen molar-refractivity contribution in [2.75, 3.05) is 40.5 Å². The molecule has 6 heterocycles. The number of fused-ring (bicyclic) bond motifs is 3. The molecule has 5 aromatic rings. The van der Waals surface area contributed by atoms with E-state index in [0.29, 0.717) is 62.7 Å². The topological polar surface area (TPSA) is 80.7 Å². The van der Waals surface area contributed by atoms with Crippen molar-refractivity contribution in [2.24, 2.45) is 0 Å². The summed E-state index contributed by atoms with van der Waals surface area (Å²) in [7, 11) is 3.12. The third-order valence-corrected chi connectivity index (χ3v) is 10.4. The minimum absolute atomic E-state index is 0.00969. The number of methoxy groups -OCH3 is 1. The summed E-state index contributed by atoms with van der Waals surface area (Å²) in [5.41, 5.74) is 2.56. The van der Waals surface area contributed by atoms with E-state index in [1.165, 1.54) is 42.1 Å². The summed E-state index contributed by atoms with van der Waals surface area (Å²) in [4.78, 5) is 30.7. The molecule has 0 atom stereocenters. The Kier molecular flexibility index (Phi) is 8.52. The molecule has 0 bridgehead atoms. The van der Waals surface area contributed by atoms with Crippen LogP contribution in [0.2, 0.25) is 0 Å². The molecule has 0 unspecified atom stereocenters. The molecule has 2 aliphatic heterocycles. The number of alkyl halides is 2. The molecular formula is C34H29F4N5O3S2. The van der Waals surface area contributed by atoms with Crippen molar-refractivity contribution in [3.8, 4) is 38.8 Å². The minimum atomic E-state index is -3.11. The fourth-order valence-corrected chi connectivity index (χ4v) is 8.31. The first-order chi connectivity index (χ1) is 23.1. The van der Waals surface area contributed by atoms with Crippen LogP contribution in [0.5, 0.6) is 5.75 Å². The summed E-state index contributed by atoms with van der Waals surface area (Å²) in [6.45, 7) is 4.47. The van der Waals surface area contributed by atoms with Crippen molar-refractivity contribution in [3.63, 3.8) is 0 Å². The first kappa shape index (κ1) is 32.3. The SMILES string of the molecule is C=CC(=O)N1CCc2nc(-c3nc(-c4cnc5c(c4)CN(C)CC5(F)F)c4ccsc4c3-c3c(F)cc(F)cc3OCCOC)sc2C1. The van der Waals surface area contributed by atoms with Crippen LogP contribution in [0.4, 0.5) is 17.6 Å². The van der Waals surface area contributed by atoms with Crippen LogP contribution in [0.15, 0.2) is 48.5 Å². The van der Waals surface area contributed by atoms with Crippen molar-refractivity contribution in [3.05, 3.63) is 82.0 Å². The van der Waals surface area contributed by atoms with Crippen molar-refractivity contribution in [1.82, 2.24) is 24.8 Å². The number of rotatable bonds is 8. The monoisotopic (exact) mass is 695 g/mol. The second-order valence-electron chi connectivity index (χ2n) is 11.7. The van der Waals surface area contributed by atoms with E-state index in [0.717, 1.165) is 22.7 Å². The van der Waals surface area contributed by atoms with Gasteiger partial charge in [-0.05, 0) is 36.2 Å². The predicted octanol–water partition coefficient (Wildman–Crippen LogP) is 7.06. The highest BCUT2D eigenvalue weighted by molar-refractivity contribution is 7.18. The Bertz CT molecular complexity index is 2080. The standard InChI is InChI=1S/C34H29F4N5O3S2/c1-4-26(44)43-7-5-23-25(16-43)48-33(40-23)30-28(27-22(36)12-20(35)13-24(27)46-9-8-45-3)31-21(6-10-47-31)29(41-30)18-11-19-15-42(2)17-34(37,38)32(19)39-14-18/h4,6,10-14H,1,5,7-9,15-17H2,2-3H3. The molecular weight excluding hydrogens is 667 g/mol. The molecule has 8 nitrogen and oxygen atoms in total. The normalized spacial score (nSPS) is 15.8. The number of thiazole rings is 1. The fraction of sp³-hybridized carbons (Fsp3) is 0.294.